The second-order valence-corrected chi connectivity index (χ2v) is 6.48. The van der Waals surface area contributed by atoms with Crippen molar-refractivity contribution in [3.8, 4) is 0 Å². The summed E-state index contributed by atoms with van der Waals surface area (Å²) < 4.78 is 39.7. The van der Waals surface area contributed by atoms with Gasteiger partial charge in [-0.1, -0.05) is 6.58 Å². The van der Waals surface area contributed by atoms with Crippen molar-refractivity contribution < 1.29 is 22.8 Å². The van der Waals surface area contributed by atoms with Crippen molar-refractivity contribution in [1.29, 1.82) is 0 Å². The molecule has 10 heteroatoms. The van der Waals surface area contributed by atoms with Crippen LogP contribution in [0, 0.1) is 0 Å². The summed E-state index contributed by atoms with van der Waals surface area (Å²) in [6.45, 7) is 3.14. The number of alkyl halides is 3. The summed E-state index contributed by atoms with van der Waals surface area (Å²) in [5, 5.41) is 5.01. The summed E-state index contributed by atoms with van der Waals surface area (Å²) in [6.07, 6.45) is -3.60. The van der Waals surface area contributed by atoms with Crippen LogP contribution in [0.15, 0.2) is 41.7 Å². The van der Waals surface area contributed by atoms with Crippen LogP contribution in [-0.2, 0) is 23.9 Å². The molecule has 0 aliphatic carbocycles. The Kier molecular flexibility index (Phi) is 5.27. The van der Waals surface area contributed by atoms with Crippen LogP contribution in [0.2, 0.25) is 0 Å². The predicted molar refractivity (Wildman–Crippen MR) is 98.4 cm³/mol. The molecule has 0 saturated heterocycles. The van der Waals surface area contributed by atoms with Crippen molar-refractivity contribution >= 4 is 17.5 Å². The highest BCUT2D eigenvalue weighted by Gasteiger charge is 2.39. The van der Waals surface area contributed by atoms with Gasteiger partial charge in [0.1, 0.15) is 0 Å². The first-order chi connectivity index (χ1) is 13.6. The number of aromatic nitrogens is 2. The lowest BCUT2D eigenvalue weighted by Gasteiger charge is -2.29. The summed E-state index contributed by atoms with van der Waals surface area (Å²) in [7, 11) is 1.55. The monoisotopic (exact) mass is 406 g/mol. The number of hydrogen-bond acceptors (Lipinski definition) is 4. The standard InChI is InChI=1S/C19H17F3N4O3/c1-3-15(27)25(2)12-6-4-11(5-7-12)18(29)26-9-8-13-14(10-26)16(19(20,21)22)23-24-17(13)28/h3-7H,1,8-10H2,2H3,(H,24,28). The number of rotatable bonds is 3. The van der Waals surface area contributed by atoms with Gasteiger partial charge in [-0.15, -0.1) is 0 Å². The van der Waals surface area contributed by atoms with Crippen LogP contribution in [0.5, 0.6) is 0 Å². The number of likely N-dealkylation sites (N-methyl/N-ethyl adjacent to an activating group) is 1. The summed E-state index contributed by atoms with van der Waals surface area (Å²) in [5.74, 6) is -0.803. The molecule has 29 heavy (non-hydrogen) atoms. The molecule has 3 rings (SSSR count). The van der Waals surface area contributed by atoms with Gasteiger partial charge in [-0.3, -0.25) is 14.4 Å². The van der Waals surface area contributed by atoms with E-state index in [1.165, 1.54) is 21.9 Å². The number of halogens is 3. The molecular weight excluding hydrogens is 389 g/mol. The van der Waals surface area contributed by atoms with Gasteiger partial charge < -0.3 is 9.80 Å². The Bertz CT molecular complexity index is 1030. The lowest BCUT2D eigenvalue weighted by atomic mass is 9.99. The number of nitrogens with zero attached hydrogens (tertiary/aromatic N) is 3. The fourth-order valence-corrected chi connectivity index (χ4v) is 3.16. The Labute approximate surface area is 163 Å². The SMILES string of the molecule is C=CC(=O)N(C)c1ccc(C(=O)N2CCc3c(c(C(F)(F)F)n[nH]c3=O)C2)cc1. The summed E-state index contributed by atoms with van der Waals surface area (Å²) in [5.41, 5.74) is -1.37. The van der Waals surface area contributed by atoms with E-state index in [2.05, 4.69) is 11.7 Å². The van der Waals surface area contributed by atoms with E-state index in [1.54, 1.807) is 19.2 Å². The third-order valence-electron chi connectivity index (χ3n) is 4.74. The smallest absolute Gasteiger partial charge is 0.334 e. The van der Waals surface area contributed by atoms with E-state index < -0.39 is 23.3 Å². The minimum Gasteiger partial charge on any atom is -0.334 e. The first-order valence-electron chi connectivity index (χ1n) is 8.60. The molecule has 1 aromatic carbocycles. The maximum absolute atomic E-state index is 13.2. The molecule has 1 aliphatic rings. The van der Waals surface area contributed by atoms with E-state index in [-0.39, 0.29) is 42.1 Å². The third kappa shape index (κ3) is 3.91. The lowest BCUT2D eigenvalue weighted by Crippen LogP contribution is -2.40. The molecular formula is C19H17F3N4O3. The van der Waals surface area contributed by atoms with Crippen LogP contribution in [0.4, 0.5) is 18.9 Å². The molecule has 2 heterocycles. The van der Waals surface area contributed by atoms with Gasteiger partial charge in [0.25, 0.3) is 11.5 Å². The number of fused-ring (bicyclic) bond motifs is 1. The molecule has 152 valence electrons. The lowest BCUT2D eigenvalue weighted by molar-refractivity contribution is -0.142. The van der Waals surface area contributed by atoms with Gasteiger partial charge in [-0.05, 0) is 36.8 Å². The van der Waals surface area contributed by atoms with Gasteiger partial charge >= 0.3 is 6.18 Å². The third-order valence-corrected chi connectivity index (χ3v) is 4.74. The van der Waals surface area contributed by atoms with E-state index in [1.807, 2.05) is 5.10 Å². The number of hydrogen-bond donors (Lipinski definition) is 1. The normalized spacial score (nSPS) is 13.6. The maximum Gasteiger partial charge on any atom is 0.435 e. The number of benzene rings is 1. The zero-order valence-corrected chi connectivity index (χ0v) is 15.4. The number of anilines is 1. The molecule has 1 aliphatic heterocycles. The number of carbonyl (C=O) groups is 2. The highest BCUT2D eigenvalue weighted by Crippen LogP contribution is 2.33. The van der Waals surface area contributed by atoms with Crippen LogP contribution in [0.25, 0.3) is 0 Å². The van der Waals surface area contributed by atoms with Crippen molar-refractivity contribution in [2.45, 2.75) is 19.1 Å². The molecule has 0 bridgehead atoms. The summed E-state index contributed by atoms with van der Waals surface area (Å²) >= 11 is 0. The second kappa shape index (κ2) is 7.53. The van der Waals surface area contributed by atoms with Gasteiger partial charge in [0, 0.05) is 42.5 Å². The Hall–Kier alpha value is -3.43. The Morgan fingerprint density at radius 3 is 2.48 bits per heavy atom. The summed E-state index contributed by atoms with van der Waals surface area (Å²) in [4.78, 5) is 38.8. The average molecular weight is 406 g/mol. The largest absolute Gasteiger partial charge is 0.435 e. The Balaban J connectivity index is 1.86. The molecule has 0 atom stereocenters. The zero-order valence-electron chi connectivity index (χ0n) is 15.4. The van der Waals surface area contributed by atoms with Crippen LogP contribution in [0.3, 0.4) is 0 Å². The fourth-order valence-electron chi connectivity index (χ4n) is 3.16. The molecule has 0 unspecified atom stereocenters. The molecule has 0 fully saturated rings. The van der Waals surface area contributed by atoms with Gasteiger partial charge in [-0.2, -0.15) is 18.3 Å². The van der Waals surface area contributed by atoms with Crippen molar-refractivity contribution in [1.82, 2.24) is 15.1 Å². The van der Waals surface area contributed by atoms with E-state index in [4.69, 9.17) is 0 Å². The zero-order chi connectivity index (χ0) is 21.3. The minimum atomic E-state index is -4.75. The molecule has 0 spiro atoms. The molecule has 0 saturated carbocycles. The van der Waals surface area contributed by atoms with Crippen molar-refractivity contribution in [2.24, 2.45) is 0 Å². The fraction of sp³-hybridized carbons (Fsp3) is 0.263. The van der Waals surface area contributed by atoms with Gasteiger partial charge in [0.05, 0.1) is 0 Å². The van der Waals surface area contributed by atoms with Crippen LogP contribution in [-0.4, -0.2) is 40.5 Å². The second-order valence-electron chi connectivity index (χ2n) is 6.48. The first kappa shape index (κ1) is 20.3. The Morgan fingerprint density at radius 1 is 1.24 bits per heavy atom. The predicted octanol–water partition coefficient (Wildman–Crippen LogP) is 2.14. The quantitative estimate of drug-likeness (QED) is 0.792. The van der Waals surface area contributed by atoms with Crippen LogP contribution >= 0.6 is 0 Å². The van der Waals surface area contributed by atoms with Gasteiger partial charge in [-0.25, -0.2) is 5.10 Å². The molecule has 7 nitrogen and oxygen atoms in total. The highest BCUT2D eigenvalue weighted by atomic mass is 19.4. The van der Waals surface area contributed by atoms with Gasteiger partial charge in [0.15, 0.2) is 5.69 Å². The molecule has 1 N–H and O–H groups in total. The topological polar surface area (TPSA) is 86.4 Å². The minimum absolute atomic E-state index is 0.00331. The van der Waals surface area contributed by atoms with Gasteiger partial charge in [0.2, 0.25) is 5.91 Å². The average Bonchev–Trinajstić information content (AvgIpc) is 2.71. The number of aromatic amines is 1. The van der Waals surface area contributed by atoms with Crippen molar-refractivity contribution in [3.63, 3.8) is 0 Å². The molecule has 2 amide bonds. The molecule has 2 aromatic rings. The number of amides is 2. The van der Waals surface area contributed by atoms with E-state index in [0.717, 1.165) is 6.08 Å². The first-order valence-corrected chi connectivity index (χ1v) is 8.60. The summed E-state index contributed by atoms with van der Waals surface area (Å²) in [6, 6.07) is 6.08. The van der Waals surface area contributed by atoms with Crippen molar-refractivity contribution in [2.75, 3.05) is 18.5 Å². The van der Waals surface area contributed by atoms with Crippen LogP contribution in [0.1, 0.15) is 27.2 Å². The number of H-pyrrole nitrogens is 1. The number of nitrogens with one attached hydrogen (secondary N) is 1. The van der Waals surface area contributed by atoms with E-state index in [9.17, 15) is 27.6 Å². The van der Waals surface area contributed by atoms with Crippen LogP contribution < -0.4 is 10.5 Å². The van der Waals surface area contributed by atoms with Crippen molar-refractivity contribution in [3.05, 3.63) is 69.7 Å². The van der Waals surface area contributed by atoms with E-state index in [0.29, 0.717) is 5.69 Å². The maximum atomic E-state index is 13.2. The molecule has 0 radical (unpaired) electrons. The van der Waals surface area contributed by atoms with E-state index >= 15 is 0 Å². The number of carbonyl (C=O) groups excluding carboxylic acids is 2. The highest BCUT2D eigenvalue weighted by molar-refractivity contribution is 6.01. The Morgan fingerprint density at radius 2 is 1.90 bits per heavy atom. The molecule has 1 aromatic heterocycles.